The summed E-state index contributed by atoms with van der Waals surface area (Å²) in [5.74, 6) is -0.662. The fourth-order valence-corrected chi connectivity index (χ4v) is 3.06. The summed E-state index contributed by atoms with van der Waals surface area (Å²) < 4.78 is 13.0. The van der Waals surface area contributed by atoms with E-state index in [2.05, 4.69) is 10.3 Å². The number of rotatable bonds is 6. The predicted octanol–water partition coefficient (Wildman–Crippen LogP) is 2.93. The van der Waals surface area contributed by atoms with Gasteiger partial charge in [-0.3, -0.25) is 9.59 Å². The Bertz CT molecular complexity index is 1060. The largest absolute Gasteiger partial charge is 0.384 e. The standard InChI is InChI=1S/C22H23FN2O3/c1-14-3-4-15-12-16(21(27)25-19(15)11-14)5-10-20(26)24-13-22(2,28)17-6-8-18(23)9-7-17/h3-4,6-9,11-12,28H,5,10,13H2,1-2H3,(H,24,26)(H,25,27). The van der Waals surface area contributed by atoms with Gasteiger partial charge in [-0.15, -0.1) is 0 Å². The van der Waals surface area contributed by atoms with E-state index in [-0.39, 0.29) is 30.2 Å². The zero-order valence-electron chi connectivity index (χ0n) is 15.9. The third-order valence-corrected chi connectivity index (χ3v) is 4.80. The van der Waals surface area contributed by atoms with Gasteiger partial charge in [0.15, 0.2) is 0 Å². The monoisotopic (exact) mass is 382 g/mol. The predicted molar refractivity (Wildman–Crippen MR) is 107 cm³/mol. The second-order valence-electron chi connectivity index (χ2n) is 7.27. The summed E-state index contributed by atoms with van der Waals surface area (Å²) in [5.41, 5.74) is 1.36. The van der Waals surface area contributed by atoms with Crippen LogP contribution in [0.2, 0.25) is 0 Å². The Morgan fingerprint density at radius 2 is 1.89 bits per heavy atom. The molecule has 0 spiro atoms. The van der Waals surface area contributed by atoms with E-state index < -0.39 is 5.60 Å². The summed E-state index contributed by atoms with van der Waals surface area (Å²) >= 11 is 0. The quantitative estimate of drug-likeness (QED) is 0.613. The number of fused-ring (bicyclic) bond motifs is 1. The molecule has 0 aliphatic heterocycles. The van der Waals surface area contributed by atoms with Gasteiger partial charge in [-0.25, -0.2) is 4.39 Å². The fourth-order valence-electron chi connectivity index (χ4n) is 3.06. The summed E-state index contributed by atoms with van der Waals surface area (Å²) in [6.45, 7) is 3.50. The minimum atomic E-state index is -1.32. The topological polar surface area (TPSA) is 82.2 Å². The summed E-state index contributed by atoms with van der Waals surface area (Å²) in [7, 11) is 0. The van der Waals surface area contributed by atoms with Crippen LogP contribution in [-0.4, -0.2) is 22.5 Å². The summed E-state index contributed by atoms with van der Waals surface area (Å²) in [6.07, 6.45) is 0.420. The van der Waals surface area contributed by atoms with Gasteiger partial charge in [0.1, 0.15) is 11.4 Å². The number of hydrogen-bond donors (Lipinski definition) is 3. The molecule has 1 aromatic heterocycles. The van der Waals surface area contributed by atoms with Crippen molar-refractivity contribution in [3.05, 3.63) is 81.4 Å². The first-order chi connectivity index (χ1) is 13.2. The molecule has 3 aromatic rings. The molecule has 1 amide bonds. The minimum Gasteiger partial charge on any atom is -0.384 e. The Hall–Kier alpha value is -2.99. The number of halogens is 1. The molecular weight excluding hydrogens is 359 g/mol. The summed E-state index contributed by atoms with van der Waals surface area (Å²) in [4.78, 5) is 27.2. The number of benzene rings is 2. The fraction of sp³-hybridized carbons (Fsp3) is 0.273. The van der Waals surface area contributed by atoms with Crippen LogP contribution in [0.4, 0.5) is 4.39 Å². The van der Waals surface area contributed by atoms with Crippen LogP contribution in [0.5, 0.6) is 0 Å². The number of nitrogens with one attached hydrogen (secondary N) is 2. The van der Waals surface area contributed by atoms with Gasteiger partial charge in [0.25, 0.3) is 5.56 Å². The molecule has 1 atom stereocenters. The third-order valence-electron chi connectivity index (χ3n) is 4.80. The van der Waals surface area contributed by atoms with Crippen LogP contribution < -0.4 is 10.9 Å². The first kappa shape index (κ1) is 19.8. The molecule has 1 heterocycles. The molecular formula is C22H23FN2O3. The number of hydrogen-bond acceptors (Lipinski definition) is 3. The number of aryl methyl sites for hydroxylation is 2. The molecule has 1 unspecified atom stereocenters. The highest BCUT2D eigenvalue weighted by Gasteiger charge is 2.23. The Labute approximate surface area is 162 Å². The molecule has 0 fully saturated rings. The van der Waals surface area contributed by atoms with Gasteiger partial charge in [-0.05, 0) is 61.0 Å². The first-order valence-corrected chi connectivity index (χ1v) is 9.12. The average Bonchev–Trinajstić information content (AvgIpc) is 2.65. The first-order valence-electron chi connectivity index (χ1n) is 9.12. The van der Waals surface area contributed by atoms with E-state index in [0.717, 1.165) is 16.5 Å². The molecule has 0 aliphatic rings. The second kappa shape index (κ2) is 7.94. The number of H-pyrrole nitrogens is 1. The Morgan fingerprint density at radius 1 is 1.18 bits per heavy atom. The number of pyridine rings is 1. The van der Waals surface area contributed by atoms with Crippen molar-refractivity contribution in [3.63, 3.8) is 0 Å². The van der Waals surface area contributed by atoms with E-state index in [9.17, 15) is 19.1 Å². The molecule has 0 bridgehead atoms. The zero-order valence-corrected chi connectivity index (χ0v) is 15.9. The van der Waals surface area contributed by atoms with Crippen LogP contribution in [0.15, 0.2) is 53.3 Å². The van der Waals surface area contributed by atoms with Crippen LogP contribution >= 0.6 is 0 Å². The van der Waals surface area contributed by atoms with Crippen LogP contribution in [0, 0.1) is 12.7 Å². The minimum absolute atomic E-state index is 0.00911. The summed E-state index contributed by atoms with van der Waals surface area (Å²) in [5, 5.41) is 14.1. The van der Waals surface area contributed by atoms with Crippen molar-refractivity contribution in [1.29, 1.82) is 0 Å². The van der Waals surface area contributed by atoms with Gasteiger partial charge in [0.2, 0.25) is 5.91 Å². The van der Waals surface area contributed by atoms with Crippen molar-refractivity contribution in [3.8, 4) is 0 Å². The lowest BCUT2D eigenvalue weighted by molar-refractivity contribution is -0.122. The van der Waals surface area contributed by atoms with Crippen LogP contribution in [-0.2, 0) is 16.8 Å². The Kier molecular flexibility index (Phi) is 5.61. The van der Waals surface area contributed by atoms with Gasteiger partial charge < -0.3 is 15.4 Å². The van der Waals surface area contributed by atoms with E-state index in [0.29, 0.717) is 17.5 Å². The lowest BCUT2D eigenvalue weighted by Gasteiger charge is -2.24. The molecule has 3 N–H and O–H groups in total. The summed E-state index contributed by atoms with van der Waals surface area (Å²) in [6, 6.07) is 13.1. The Balaban J connectivity index is 1.60. The number of carbonyl (C=O) groups excluding carboxylic acids is 1. The van der Waals surface area contributed by atoms with Crippen LogP contribution in [0.25, 0.3) is 10.9 Å². The number of amides is 1. The van der Waals surface area contributed by atoms with E-state index >= 15 is 0 Å². The molecule has 0 radical (unpaired) electrons. The lowest BCUT2D eigenvalue weighted by atomic mass is 9.96. The highest BCUT2D eigenvalue weighted by atomic mass is 19.1. The molecule has 2 aromatic carbocycles. The van der Waals surface area contributed by atoms with E-state index in [1.54, 1.807) is 13.0 Å². The number of carbonyl (C=O) groups is 1. The van der Waals surface area contributed by atoms with Crippen molar-refractivity contribution in [2.75, 3.05) is 6.54 Å². The molecule has 0 saturated heterocycles. The highest BCUT2D eigenvalue weighted by molar-refractivity contribution is 5.80. The second-order valence-corrected chi connectivity index (χ2v) is 7.27. The van der Waals surface area contributed by atoms with E-state index in [1.807, 2.05) is 25.1 Å². The average molecular weight is 382 g/mol. The lowest BCUT2D eigenvalue weighted by Crippen LogP contribution is -2.38. The van der Waals surface area contributed by atoms with Gasteiger partial charge in [-0.1, -0.05) is 24.3 Å². The van der Waals surface area contributed by atoms with Gasteiger partial charge in [-0.2, -0.15) is 0 Å². The SMILES string of the molecule is Cc1ccc2cc(CCC(=O)NCC(C)(O)c3ccc(F)cc3)c(=O)[nH]c2c1. The van der Waals surface area contributed by atoms with Crippen molar-refractivity contribution in [2.45, 2.75) is 32.3 Å². The maximum absolute atomic E-state index is 13.0. The van der Waals surface area contributed by atoms with E-state index in [1.165, 1.54) is 24.3 Å². The maximum atomic E-state index is 13.0. The highest BCUT2D eigenvalue weighted by Crippen LogP contribution is 2.20. The zero-order chi connectivity index (χ0) is 20.3. The van der Waals surface area contributed by atoms with Gasteiger partial charge in [0.05, 0.1) is 6.54 Å². The van der Waals surface area contributed by atoms with Gasteiger partial charge in [0, 0.05) is 17.5 Å². The maximum Gasteiger partial charge on any atom is 0.251 e. The number of aromatic amines is 1. The molecule has 6 heteroatoms. The number of aromatic nitrogens is 1. The molecule has 0 saturated carbocycles. The van der Waals surface area contributed by atoms with Crippen molar-refractivity contribution < 1.29 is 14.3 Å². The molecule has 3 rings (SSSR count). The van der Waals surface area contributed by atoms with Crippen LogP contribution in [0.3, 0.4) is 0 Å². The van der Waals surface area contributed by atoms with Crippen molar-refractivity contribution >= 4 is 16.8 Å². The molecule has 146 valence electrons. The van der Waals surface area contributed by atoms with Gasteiger partial charge >= 0.3 is 0 Å². The number of aliphatic hydroxyl groups is 1. The molecule has 0 aliphatic carbocycles. The smallest absolute Gasteiger partial charge is 0.251 e. The molecule has 28 heavy (non-hydrogen) atoms. The van der Waals surface area contributed by atoms with E-state index in [4.69, 9.17) is 0 Å². The Morgan fingerprint density at radius 3 is 2.61 bits per heavy atom. The molecule has 5 nitrogen and oxygen atoms in total. The van der Waals surface area contributed by atoms with Crippen molar-refractivity contribution in [1.82, 2.24) is 10.3 Å². The van der Waals surface area contributed by atoms with Crippen LogP contribution in [0.1, 0.15) is 30.0 Å². The van der Waals surface area contributed by atoms with Crippen molar-refractivity contribution in [2.24, 2.45) is 0 Å². The third kappa shape index (κ3) is 4.64. The normalized spacial score (nSPS) is 13.3.